The van der Waals surface area contributed by atoms with Crippen LogP contribution in [0.4, 0.5) is 4.79 Å². The van der Waals surface area contributed by atoms with Gasteiger partial charge in [-0.25, -0.2) is 4.79 Å². The van der Waals surface area contributed by atoms with E-state index >= 15 is 0 Å². The van der Waals surface area contributed by atoms with Gasteiger partial charge in [0.05, 0.1) is 6.21 Å². The fraction of sp³-hybridized carbons (Fsp3) is 0.375. The van der Waals surface area contributed by atoms with Gasteiger partial charge in [0.1, 0.15) is 0 Å². The van der Waals surface area contributed by atoms with Crippen molar-refractivity contribution in [3.8, 4) is 0 Å². The Bertz CT molecular complexity index is 323. The number of amides is 2. The van der Waals surface area contributed by atoms with Crippen LogP contribution in [0.3, 0.4) is 0 Å². The zero-order chi connectivity index (χ0) is 11.3. The van der Waals surface area contributed by atoms with Crippen molar-refractivity contribution >= 4 is 29.6 Å². The summed E-state index contributed by atoms with van der Waals surface area (Å²) in [5, 5.41) is 9.58. The maximum Gasteiger partial charge on any atom is 0.319 e. The van der Waals surface area contributed by atoms with Crippen LogP contribution in [0.1, 0.15) is 0 Å². The van der Waals surface area contributed by atoms with E-state index in [0.29, 0.717) is 11.7 Å². The van der Waals surface area contributed by atoms with Crippen LogP contribution in [0.5, 0.6) is 0 Å². The molecule has 0 fully saturated rings. The fourth-order valence-corrected chi connectivity index (χ4v) is 0.849. The lowest BCUT2D eigenvalue weighted by Gasteiger charge is -2.13. The molecule has 0 aromatic heterocycles. The average Bonchev–Trinajstić information content (AvgIpc) is 2.20. The van der Waals surface area contributed by atoms with E-state index in [2.05, 4.69) is 21.2 Å². The second-order valence-electron chi connectivity index (χ2n) is 3.12. The van der Waals surface area contributed by atoms with Crippen LogP contribution in [0, 0.1) is 0 Å². The summed E-state index contributed by atoms with van der Waals surface area (Å²) in [5.74, 6) is 0. The molecule has 0 bridgehead atoms. The maximum absolute atomic E-state index is 10.7. The lowest BCUT2D eigenvalue weighted by molar-refractivity contribution is 0.244. The first-order valence-electron chi connectivity index (χ1n) is 4.33. The molecule has 2 amide bonds. The number of nitrogens with zero attached hydrogens (tertiary/aromatic N) is 2. The second-order valence-corrected chi connectivity index (χ2v) is 3.50. The zero-order valence-corrected chi connectivity index (χ0v) is 9.39. The molecule has 3 N–H and O–H groups in total. The number of hydrazone groups is 1. The number of nitrogens with one attached hydrogen (secondary N) is 3. The fourth-order valence-electron chi connectivity index (χ4n) is 0.796. The Labute approximate surface area is 93.4 Å². The van der Waals surface area contributed by atoms with Gasteiger partial charge in [0, 0.05) is 32.4 Å². The maximum atomic E-state index is 10.7. The van der Waals surface area contributed by atoms with Crippen molar-refractivity contribution < 1.29 is 4.79 Å². The van der Waals surface area contributed by atoms with E-state index in [-0.39, 0.29) is 6.03 Å². The summed E-state index contributed by atoms with van der Waals surface area (Å²) >= 11 is 4.96. The van der Waals surface area contributed by atoms with E-state index in [4.69, 9.17) is 12.2 Å². The van der Waals surface area contributed by atoms with Crippen LogP contribution < -0.4 is 16.1 Å². The number of urea groups is 1. The minimum Gasteiger partial charge on any atom is -0.354 e. The summed E-state index contributed by atoms with van der Waals surface area (Å²) in [6, 6.07) is -0.205. The van der Waals surface area contributed by atoms with Crippen molar-refractivity contribution in [3.05, 3.63) is 11.8 Å². The van der Waals surface area contributed by atoms with Gasteiger partial charge in [-0.1, -0.05) is 0 Å². The molecule has 0 aromatic carbocycles. The lowest BCUT2D eigenvalue weighted by atomic mass is 10.3. The largest absolute Gasteiger partial charge is 0.354 e. The van der Waals surface area contributed by atoms with Crippen LogP contribution in [-0.2, 0) is 0 Å². The van der Waals surface area contributed by atoms with Gasteiger partial charge in [-0.3, -0.25) is 5.43 Å². The van der Waals surface area contributed by atoms with Gasteiger partial charge in [0.15, 0.2) is 5.11 Å². The second kappa shape index (κ2) is 5.30. The molecule has 15 heavy (non-hydrogen) atoms. The van der Waals surface area contributed by atoms with E-state index < -0.39 is 0 Å². The third kappa shape index (κ3) is 3.94. The molecule has 0 radical (unpaired) electrons. The molecule has 1 heterocycles. The first kappa shape index (κ1) is 11.4. The molecule has 1 aliphatic rings. The molecule has 0 atom stereocenters. The number of rotatable bonds is 2. The van der Waals surface area contributed by atoms with Gasteiger partial charge in [-0.15, -0.1) is 0 Å². The van der Waals surface area contributed by atoms with Crippen molar-refractivity contribution in [3.63, 3.8) is 0 Å². The number of hydrogen-bond acceptors (Lipinski definition) is 3. The summed E-state index contributed by atoms with van der Waals surface area (Å²) in [6.07, 6.45) is 3.20. The first-order valence-corrected chi connectivity index (χ1v) is 4.74. The molecule has 0 spiro atoms. The minimum absolute atomic E-state index is 0.205. The average molecular weight is 227 g/mol. The summed E-state index contributed by atoms with van der Waals surface area (Å²) < 4.78 is 0. The van der Waals surface area contributed by atoms with Gasteiger partial charge < -0.3 is 15.5 Å². The van der Waals surface area contributed by atoms with Gasteiger partial charge in [0.25, 0.3) is 0 Å². The number of thiocarbonyl (C=S) groups is 1. The van der Waals surface area contributed by atoms with E-state index in [0.717, 1.165) is 5.57 Å². The number of carbonyl (C=O) groups excluding carboxylic acids is 1. The highest BCUT2D eigenvalue weighted by Crippen LogP contribution is 1.90. The summed E-state index contributed by atoms with van der Waals surface area (Å²) in [7, 11) is 3.65. The van der Waals surface area contributed by atoms with Gasteiger partial charge in [-0.05, 0) is 12.2 Å². The molecule has 0 aliphatic carbocycles. The number of hydrogen-bond donors (Lipinski definition) is 3. The molecular weight excluding hydrogens is 214 g/mol. The Kier molecular flexibility index (Phi) is 4.04. The van der Waals surface area contributed by atoms with Crippen molar-refractivity contribution in [1.29, 1.82) is 0 Å². The summed E-state index contributed by atoms with van der Waals surface area (Å²) in [6.45, 7) is 0.464. The van der Waals surface area contributed by atoms with Crippen LogP contribution in [0.25, 0.3) is 0 Å². The van der Waals surface area contributed by atoms with Crippen molar-refractivity contribution in [2.75, 3.05) is 20.6 Å². The van der Waals surface area contributed by atoms with Crippen molar-refractivity contribution in [2.24, 2.45) is 5.10 Å². The number of carbonyl (C=O) groups is 1. The Morgan fingerprint density at radius 1 is 1.73 bits per heavy atom. The van der Waals surface area contributed by atoms with Gasteiger partial charge in [-0.2, -0.15) is 5.10 Å². The van der Waals surface area contributed by atoms with Gasteiger partial charge >= 0.3 is 6.03 Å². The highest BCUT2D eigenvalue weighted by Gasteiger charge is 2.05. The topological polar surface area (TPSA) is 68.8 Å². The Morgan fingerprint density at radius 2 is 2.47 bits per heavy atom. The van der Waals surface area contributed by atoms with E-state index in [1.165, 1.54) is 0 Å². The van der Waals surface area contributed by atoms with E-state index in [1.807, 2.05) is 14.1 Å². The molecular formula is C8H13N5OS. The SMILES string of the molecule is CN(C)C(=S)N/N=C/C1=CNC(=O)NC1. The Hall–Kier alpha value is -1.63. The summed E-state index contributed by atoms with van der Waals surface area (Å²) in [4.78, 5) is 12.5. The van der Waals surface area contributed by atoms with Crippen LogP contribution in [0.15, 0.2) is 16.9 Å². The van der Waals surface area contributed by atoms with Gasteiger partial charge in [0.2, 0.25) is 0 Å². The quantitative estimate of drug-likeness (QED) is 0.341. The molecule has 82 valence electrons. The zero-order valence-electron chi connectivity index (χ0n) is 8.57. The molecule has 7 heteroatoms. The highest BCUT2D eigenvalue weighted by atomic mass is 32.1. The molecule has 6 nitrogen and oxygen atoms in total. The molecule has 0 saturated heterocycles. The first-order chi connectivity index (χ1) is 7.09. The van der Waals surface area contributed by atoms with E-state index in [9.17, 15) is 4.79 Å². The third-order valence-electron chi connectivity index (χ3n) is 1.64. The molecule has 0 aromatic rings. The summed E-state index contributed by atoms with van der Waals surface area (Å²) in [5.41, 5.74) is 3.55. The predicted octanol–water partition coefficient (Wildman–Crippen LogP) is -0.395. The standard InChI is InChI=1S/C8H13N5OS/c1-13(2)8(15)12-11-5-6-3-9-7(14)10-4-6/h3,5H,4H2,1-2H3,(H,12,15)(H2,9,10,14)/b11-5+. The normalized spacial score (nSPS) is 15.3. The van der Waals surface area contributed by atoms with Crippen LogP contribution in [0.2, 0.25) is 0 Å². The van der Waals surface area contributed by atoms with E-state index in [1.54, 1.807) is 17.3 Å². The minimum atomic E-state index is -0.205. The third-order valence-corrected chi connectivity index (χ3v) is 2.09. The lowest BCUT2D eigenvalue weighted by Crippen LogP contribution is -2.38. The monoisotopic (exact) mass is 227 g/mol. The predicted molar refractivity (Wildman–Crippen MR) is 62.5 cm³/mol. The van der Waals surface area contributed by atoms with Crippen LogP contribution in [-0.4, -0.2) is 42.9 Å². The van der Waals surface area contributed by atoms with Crippen molar-refractivity contribution in [1.82, 2.24) is 21.0 Å². The van der Waals surface area contributed by atoms with Crippen molar-refractivity contribution in [2.45, 2.75) is 0 Å². The van der Waals surface area contributed by atoms with Crippen LogP contribution >= 0.6 is 12.2 Å². The molecule has 0 saturated carbocycles. The molecule has 1 aliphatic heterocycles. The highest BCUT2D eigenvalue weighted by molar-refractivity contribution is 7.80. The Morgan fingerprint density at radius 3 is 3.00 bits per heavy atom. The molecule has 0 unspecified atom stereocenters. The molecule has 1 rings (SSSR count). The Balaban J connectivity index is 2.38. The smallest absolute Gasteiger partial charge is 0.319 e.